The third-order valence-electron chi connectivity index (χ3n) is 4.22. The van der Waals surface area contributed by atoms with Crippen molar-refractivity contribution < 1.29 is 8.95 Å². The molecule has 2 unspecified atom stereocenters. The van der Waals surface area contributed by atoms with Gasteiger partial charge in [-0.25, -0.2) is 0 Å². The molecule has 0 aliphatic carbocycles. The van der Waals surface area contributed by atoms with E-state index in [4.69, 9.17) is 4.74 Å². The van der Waals surface area contributed by atoms with E-state index in [-0.39, 0.29) is 30.0 Å². The lowest BCUT2D eigenvalue weighted by atomic mass is 10.0. The number of aryl methyl sites for hydroxylation is 1. The zero-order valence-corrected chi connectivity index (χ0v) is 20.0. The smallest absolute Gasteiger partial charge is 0.191 e. The molecule has 7 heteroatoms. The molecule has 0 aromatic heterocycles. The van der Waals surface area contributed by atoms with Crippen molar-refractivity contribution in [3.63, 3.8) is 0 Å². The van der Waals surface area contributed by atoms with Gasteiger partial charge in [-0.1, -0.05) is 48.0 Å². The van der Waals surface area contributed by atoms with Gasteiger partial charge < -0.3 is 15.4 Å². The van der Waals surface area contributed by atoms with Gasteiger partial charge in [-0.3, -0.25) is 9.20 Å². The van der Waals surface area contributed by atoms with Crippen LogP contribution in [0.25, 0.3) is 0 Å². The highest BCUT2D eigenvalue weighted by Crippen LogP contribution is 2.25. The molecule has 0 aliphatic heterocycles. The number of hydrogen-bond donors (Lipinski definition) is 2. The van der Waals surface area contributed by atoms with E-state index in [0.29, 0.717) is 24.0 Å². The van der Waals surface area contributed by atoms with Gasteiger partial charge in [-0.15, -0.1) is 24.0 Å². The fourth-order valence-corrected chi connectivity index (χ4v) is 3.82. The quantitative estimate of drug-likeness (QED) is 0.319. The van der Waals surface area contributed by atoms with Gasteiger partial charge in [0.05, 0.1) is 13.2 Å². The molecule has 0 amide bonds. The van der Waals surface area contributed by atoms with E-state index in [1.165, 1.54) is 5.56 Å². The summed E-state index contributed by atoms with van der Waals surface area (Å²) in [5.74, 6) is 2.67. The molecule has 5 nitrogen and oxygen atoms in total. The van der Waals surface area contributed by atoms with Crippen LogP contribution < -0.4 is 15.4 Å². The summed E-state index contributed by atoms with van der Waals surface area (Å²) < 4.78 is 17.7. The number of hydrogen-bond acceptors (Lipinski definition) is 3. The zero-order chi connectivity index (χ0) is 19.6. The number of guanidine groups is 1. The lowest BCUT2D eigenvalue weighted by Crippen LogP contribution is -2.40. The van der Waals surface area contributed by atoms with Crippen molar-refractivity contribution in [2.24, 2.45) is 4.99 Å². The number of halogens is 1. The van der Waals surface area contributed by atoms with E-state index < -0.39 is 10.8 Å². The molecule has 0 aliphatic rings. The van der Waals surface area contributed by atoms with Crippen molar-refractivity contribution >= 4 is 40.7 Å². The summed E-state index contributed by atoms with van der Waals surface area (Å²) in [7, 11) is 2.50. The minimum absolute atomic E-state index is 0. The molecule has 0 heterocycles. The molecule has 154 valence electrons. The Morgan fingerprint density at radius 3 is 2.57 bits per heavy atom. The summed E-state index contributed by atoms with van der Waals surface area (Å²) in [6.07, 6.45) is 0. The van der Waals surface area contributed by atoms with Crippen molar-refractivity contribution in [3.8, 4) is 5.75 Å². The van der Waals surface area contributed by atoms with Gasteiger partial charge >= 0.3 is 0 Å². The summed E-state index contributed by atoms with van der Waals surface area (Å²) in [5, 5.41) is 6.61. The molecule has 2 N–H and O–H groups in total. The predicted molar refractivity (Wildman–Crippen MR) is 129 cm³/mol. The Kier molecular flexibility index (Phi) is 11.1. The maximum Gasteiger partial charge on any atom is 0.191 e. The monoisotopic (exact) mass is 515 g/mol. The third-order valence-corrected chi connectivity index (χ3v) is 5.54. The number of ether oxygens (including phenoxy) is 1. The van der Waals surface area contributed by atoms with Crippen molar-refractivity contribution in [2.75, 3.05) is 26.5 Å². The summed E-state index contributed by atoms with van der Waals surface area (Å²) in [6, 6.07) is 16.1. The Labute approximate surface area is 187 Å². The lowest BCUT2D eigenvalue weighted by Gasteiger charge is -2.20. The summed E-state index contributed by atoms with van der Waals surface area (Å²) in [4.78, 5) is 4.27. The van der Waals surface area contributed by atoms with E-state index in [0.717, 1.165) is 16.9 Å². The normalized spacial score (nSPS) is 13.2. The van der Waals surface area contributed by atoms with E-state index in [9.17, 15) is 4.21 Å². The topological polar surface area (TPSA) is 62.7 Å². The van der Waals surface area contributed by atoms with Crippen LogP contribution in [0.1, 0.15) is 29.7 Å². The van der Waals surface area contributed by atoms with Gasteiger partial charge in [0, 0.05) is 41.5 Å². The minimum Gasteiger partial charge on any atom is -0.496 e. The number of methoxy groups -OCH3 is 1. The Balaban J connectivity index is 0.00000392. The maximum absolute atomic E-state index is 12.2. The molecule has 2 aromatic rings. The highest BCUT2D eigenvalue weighted by atomic mass is 127. The Bertz CT molecular complexity index is 784. The fraction of sp³-hybridized carbons (Fsp3) is 0.381. The van der Waals surface area contributed by atoms with E-state index in [1.807, 2.05) is 42.5 Å². The van der Waals surface area contributed by atoms with Gasteiger partial charge in [-0.05, 0) is 25.5 Å². The zero-order valence-electron chi connectivity index (χ0n) is 16.9. The molecule has 2 rings (SSSR count). The van der Waals surface area contributed by atoms with E-state index in [2.05, 4.69) is 35.5 Å². The predicted octanol–water partition coefficient (Wildman–Crippen LogP) is 3.80. The molecule has 2 atom stereocenters. The molecule has 2 aromatic carbocycles. The highest BCUT2D eigenvalue weighted by Gasteiger charge is 2.13. The van der Waals surface area contributed by atoms with Gasteiger partial charge in [-0.2, -0.15) is 0 Å². The van der Waals surface area contributed by atoms with Crippen LogP contribution in [0.15, 0.2) is 53.5 Å². The fourth-order valence-electron chi connectivity index (χ4n) is 2.79. The van der Waals surface area contributed by atoms with Gasteiger partial charge in [0.15, 0.2) is 5.96 Å². The Morgan fingerprint density at radius 1 is 1.21 bits per heavy atom. The highest BCUT2D eigenvalue weighted by molar-refractivity contribution is 14.0. The second-order valence-electron chi connectivity index (χ2n) is 6.38. The SMILES string of the molecule is CN=C(NCCS(=O)Cc1ccccc1)NC(C)c1cc(C)ccc1OC.I. The number of aliphatic imine (C=N–C) groups is 1. The number of nitrogens with zero attached hydrogens (tertiary/aromatic N) is 1. The van der Waals surface area contributed by atoms with E-state index in [1.54, 1.807) is 14.2 Å². The lowest BCUT2D eigenvalue weighted by molar-refractivity contribution is 0.405. The molecule has 28 heavy (non-hydrogen) atoms. The molecule has 0 spiro atoms. The van der Waals surface area contributed by atoms with Gasteiger partial charge in [0.2, 0.25) is 0 Å². The van der Waals surface area contributed by atoms with Crippen LogP contribution in [0.3, 0.4) is 0 Å². The van der Waals surface area contributed by atoms with Crippen molar-refractivity contribution in [3.05, 3.63) is 65.2 Å². The average molecular weight is 515 g/mol. The number of rotatable bonds is 8. The third kappa shape index (κ3) is 7.79. The van der Waals surface area contributed by atoms with Gasteiger partial charge in [0.25, 0.3) is 0 Å². The number of benzene rings is 2. The molecule has 0 bridgehead atoms. The largest absolute Gasteiger partial charge is 0.496 e. The molecule has 0 radical (unpaired) electrons. The minimum atomic E-state index is -0.912. The van der Waals surface area contributed by atoms with Gasteiger partial charge in [0.1, 0.15) is 5.75 Å². The second kappa shape index (κ2) is 12.8. The first-order valence-corrected chi connectivity index (χ1v) is 10.5. The molecule has 0 saturated heterocycles. The molecular formula is C21H30IN3O2S. The standard InChI is InChI=1S/C21H29N3O2S.HI/c1-16-10-11-20(26-4)19(14-16)17(2)24-21(22-3)23-12-13-27(25)15-18-8-6-5-7-9-18;/h5-11,14,17H,12-13,15H2,1-4H3,(H2,22,23,24);1H. The van der Waals surface area contributed by atoms with Crippen LogP contribution in [0, 0.1) is 6.92 Å². The van der Waals surface area contributed by atoms with Crippen LogP contribution in [-0.2, 0) is 16.6 Å². The summed E-state index contributed by atoms with van der Waals surface area (Å²) in [6.45, 7) is 4.72. The Hall–Kier alpha value is -1.61. The Morgan fingerprint density at radius 2 is 1.93 bits per heavy atom. The molecule has 0 fully saturated rings. The van der Waals surface area contributed by atoms with E-state index >= 15 is 0 Å². The van der Waals surface area contributed by atoms with Crippen LogP contribution in [0.4, 0.5) is 0 Å². The summed E-state index contributed by atoms with van der Waals surface area (Å²) >= 11 is 0. The van der Waals surface area contributed by atoms with Crippen LogP contribution in [-0.4, -0.2) is 36.6 Å². The van der Waals surface area contributed by atoms with Crippen LogP contribution in [0.5, 0.6) is 5.75 Å². The maximum atomic E-state index is 12.2. The average Bonchev–Trinajstić information content (AvgIpc) is 2.67. The summed E-state index contributed by atoms with van der Waals surface area (Å²) in [5.41, 5.74) is 3.35. The molecular weight excluding hydrogens is 485 g/mol. The van der Waals surface area contributed by atoms with Crippen LogP contribution in [0.2, 0.25) is 0 Å². The first-order valence-electron chi connectivity index (χ1n) is 9.04. The second-order valence-corrected chi connectivity index (χ2v) is 7.96. The van der Waals surface area contributed by atoms with Crippen molar-refractivity contribution in [1.82, 2.24) is 10.6 Å². The first-order chi connectivity index (χ1) is 13.0. The van der Waals surface area contributed by atoms with Crippen molar-refractivity contribution in [2.45, 2.75) is 25.6 Å². The first kappa shape index (κ1) is 24.4. The number of nitrogens with one attached hydrogen (secondary N) is 2. The van der Waals surface area contributed by atoms with Crippen molar-refractivity contribution in [1.29, 1.82) is 0 Å². The van der Waals surface area contributed by atoms with Crippen LogP contribution >= 0.6 is 24.0 Å². The molecule has 0 saturated carbocycles.